The summed E-state index contributed by atoms with van der Waals surface area (Å²) in [5.41, 5.74) is -1.98. The molecule has 0 aliphatic carbocycles. The maximum Gasteiger partial charge on any atom is 0.416 e. The molecule has 1 aromatic carbocycles. The maximum absolute atomic E-state index is 12.5. The van der Waals surface area contributed by atoms with Gasteiger partial charge in [0.05, 0.1) is 5.56 Å². The van der Waals surface area contributed by atoms with Gasteiger partial charge in [-0.05, 0) is 30.5 Å². The van der Waals surface area contributed by atoms with E-state index in [9.17, 15) is 27.9 Å². The van der Waals surface area contributed by atoms with Crippen molar-refractivity contribution < 1.29 is 27.9 Å². The zero-order valence-electron chi connectivity index (χ0n) is 11.8. The molecule has 0 saturated heterocycles. The Morgan fingerprint density at radius 2 is 1.62 bits per heavy atom. The van der Waals surface area contributed by atoms with E-state index in [1.165, 1.54) is 12.1 Å². The van der Waals surface area contributed by atoms with Crippen LogP contribution in [0, 0.1) is 5.41 Å². The maximum atomic E-state index is 12.5. The van der Waals surface area contributed by atoms with Crippen LogP contribution in [0.1, 0.15) is 37.8 Å². The van der Waals surface area contributed by atoms with Crippen LogP contribution in [0.25, 0.3) is 0 Å². The second kappa shape index (κ2) is 6.28. The van der Waals surface area contributed by atoms with Crippen LogP contribution >= 0.6 is 0 Å². The molecule has 1 aromatic rings. The second-order valence-corrected chi connectivity index (χ2v) is 4.89. The molecule has 1 unspecified atom stereocenters. The summed E-state index contributed by atoms with van der Waals surface area (Å²) in [6, 6.07) is 4.24. The van der Waals surface area contributed by atoms with Crippen LogP contribution in [0.2, 0.25) is 0 Å². The molecule has 1 N–H and O–H groups in total. The van der Waals surface area contributed by atoms with Crippen molar-refractivity contribution in [2.75, 3.05) is 0 Å². The minimum atomic E-state index is -4.44. The average molecular weight is 302 g/mol. The number of carbonyl (C=O) groups is 2. The van der Waals surface area contributed by atoms with E-state index in [1.54, 1.807) is 13.8 Å². The van der Waals surface area contributed by atoms with E-state index >= 15 is 0 Å². The van der Waals surface area contributed by atoms with Crippen LogP contribution in [0.15, 0.2) is 24.3 Å². The molecular formula is C15H17F3O3. The molecule has 0 fully saturated rings. The Morgan fingerprint density at radius 3 is 1.95 bits per heavy atom. The number of Topliss-reactive ketones (excluding diaryl/α,β-unsaturated/α-hetero) is 1. The number of carbonyl (C=O) groups excluding carboxylic acids is 1. The number of hydrogen-bond acceptors (Lipinski definition) is 2. The zero-order chi connectivity index (χ0) is 16.3. The predicted molar refractivity (Wildman–Crippen MR) is 70.8 cm³/mol. The first-order chi connectivity index (χ1) is 9.67. The van der Waals surface area contributed by atoms with Gasteiger partial charge in [-0.2, -0.15) is 13.2 Å². The molecule has 21 heavy (non-hydrogen) atoms. The molecule has 0 amide bonds. The molecule has 1 rings (SSSR count). The lowest BCUT2D eigenvalue weighted by atomic mass is 9.74. The van der Waals surface area contributed by atoms with Crippen LogP contribution in [-0.4, -0.2) is 16.9 Å². The van der Waals surface area contributed by atoms with Crippen molar-refractivity contribution in [2.24, 2.45) is 5.41 Å². The van der Waals surface area contributed by atoms with Crippen molar-refractivity contribution >= 4 is 11.8 Å². The normalized spacial score (nSPS) is 14.5. The minimum Gasteiger partial charge on any atom is -0.480 e. The number of carboxylic acid groups (broad SMARTS) is 1. The van der Waals surface area contributed by atoms with Gasteiger partial charge < -0.3 is 5.11 Å². The SMILES string of the molecule is CCC(=O)C(CC)(Cc1ccc(C(F)(F)F)cc1)C(=O)O. The molecule has 6 heteroatoms. The van der Waals surface area contributed by atoms with Gasteiger partial charge in [0, 0.05) is 6.42 Å². The lowest BCUT2D eigenvalue weighted by molar-refractivity contribution is -0.155. The monoisotopic (exact) mass is 302 g/mol. The Kier molecular flexibility index (Phi) is 5.15. The number of carboxylic acids is 1. The first-order valence-corrected chi connectivity index (χ1v) is 6.60. The highest BCUT2D eigenvalue weighted by molar-refractivity contribution is 6.03. The second-order valence-electron chi connectivity index (χ2n) is 4.89. The molecular weight excluding hydrogens is 285 g/mol. The summed E-state index contributed by atoms with van der Waals surface area (Å²) in [4.78, 5) is 23.5. The number of hydrogen-bond donors (Lipinski definition) is 1. The van der Waals surface area contributed by atoms with E-state index in [4.69, 9.17) is 0 Å². The molecule has 0 heterocycles. The molecule has 0 spiro atoms. The van der Waals surface area contributed by atoms with Crippen molar-refractivity contribution in [1.29, 1.82) is 0 Å². The van der Waals surface area contributed by atoms with Crippen LogP contribution in [-0.2, 0) is 22.2 Å². The number of ketones is 1. The Balaban J connectivity index is 3.10. The first-order valence-electron chi connectivity index (χ1n) is 6.60. The van der Waals surface area contributed by atoms with Crippen molar-refractivity contribution in [3.8, 4) is 0 Å². The summed E-state index contributed by atoms with van der Waals surface area (Å²) in [6.45, 7) is 3.16. The molecule has 0 bridgehead atoms. The average Bonchev–Trinajstić information content (AvgIpc) is 2.43. The number of aliphatic carboxylic acids is 1. The highest BCUT2D eigenvalue weighted by Gasteiger charge is 2.43. The highest BCUT2D eigenvalue weighted by atomic mass is 19.4. The van der Waals surface area contributed by atoms with Gasteiger partial charge >= 0.3 is 12.1 Å². The van der Waals surface area contributed by atoms with Crippen LogP contribution in [0.5, 0.6) is 0 Å². The van der Waals surface area contributed by atoms with Gasteiger partial charge in [-0.1, -0.05) is 26.0 Å². The number of halogens is 3. The van der Waals surface area contributed by atoms with E-state index in [0.29, 0.717) is 5.56 Å². The van der Waals surface area contributed by atoms with Gasteiger partial charge in [0.1, 0.15) is 11.2 Å². The summed E-state index contributed by atoms with van der Waals surface area (Å²) in [5, 5.41) is 9.37. The molecule has 0 aliphatic heterocycles. The summed E-state index contributed by atoms with van der Waals surface area (Å²) in [7, 11) is 0. The van der Waals surface area contributed by atoms with Gasteiger partial charge in [-0.15, -0.1) is 0 Å². The van der Waals surface area contributed by atoms with Crippen LogP contribution < -0.4 is 0 Å². The fraction of sp³-hybridized carbons (Fsp3) is 0.467. The molecule has 0 aromatic heterocycles. The van der Waals surface area contributed by atoms with Crippen molar-refractivity contribution in [3.63, 3.8) is 0 Å². The summed E-state index contributed by atoms with van der Waals surface area (Å²) in [6.07, 6.45) is -4.38. The molecule has 3 nitrogen and oxygen atoms in total. The van der Waals surface area contributed by atoms with Gasteiger partial charge in [-0.25, -0.2) is 0 Å². The Labute approximate surface area is 120 Å². The topological polar surface area (TPSA) is 54.4 Å². The lowest BCUT2D eigenvalue weighted by Crippen LogP contribution is -2.40. The van der Waals surface area contributed by atoms with Crippen LogP contribution in [0.4, 0.5) is 13.2 Å². The molecule has 0 saturated carbocycles. The third-order valence-electron chi connectivity index (χ3n) is 3.65. The fourth-order valence-corrected chi connectivity index (χ4v) is 2.27. The summed E-state index contributed by atoms with van der Waals surface area (Å²) >= 11 is 0. The fourth-order valence-electron chi connectivity index (χ4n) is 2.27. The van der Waals surface area contributed by atoms with Crippen LogP contribution in [0.3, 0.4) is 0 Å². The predicted octanol–water partition coefficient (Wildman–Crippen LogP) is 3.71. The van der Waals surface area contributed by atoms with E-state index in [2.05, 4.69) is 0 Å². The molecule has 116 valence electrons. The van der Waals surface area contributed by atoms with Crippen molar-refractivity contribution in [1.82, 2.24) is 0 Å². The van der Waals surface area contributed by atoms with E-state index in [1.807, 2.05) is 0 Å². The zero-order valence-corrected chi connectivity index (χ0v) is 11.8. The smallest absolute Gasteiger partial charge is 0.416 e. The Bertz CT molecular complexity index is 520. The van der Waals surface area contributed by atoms with Gasteiger partial charge in [0.2, 0.25) is 0 Å². The third-order valence-corrected chi connectivity index (χ3v) is 3.65. The van der Waals surface area contributed by atoms with E-state index in [-0.39, 0.29) is 19.3 Å². The Hall–Kier alpha value is -1.85. The quantitative estimate of drug-likeness (QED) is 0.815. The third kappa shape index (κ3) is 3.62. The molecule has 1 atom stereocenters. The Morgan fingerprint density at radius 1 is 1.10 bits per heavy atom. The van der Waals surface area contributed by atoms with Gasteiger partial charge in [0.25, 0.3) is 0 Å². The minimum absolute atomic E-state index is 0.0702. The molecule has 0 aliphatic rings. The highest BCUT2D eigenvalue weighted by Crippen LogP contribution is 2.33. The number of alkyl halides is 3. The largest absolute Gasteiger partial charge is 0.480 e. The standard InChI is InChI=1S/C15H17F3O3/c1-3-12(19)14(4-2,13(20)21)9-10-5-7-11(8-6-10)15(16,17)18/h5-8H,3-4,9H2,1-2H3,(H,20,21). The van der Waals surface area contributed by atoms with E-state index in [0.717, 1.165) is 12.1 Å². The summed E-state index contributed by atoms with van der Waals surface area (Å²) in [5.74, 6) is -1.66. The lowest BCUT2D eigenvalue weighted by Gasteiger charge is -2.26. The summed E-state index contributed by atoms with van der Waals surface area (Å²) < 4.78 is 37.5. The van der Waals surface area contributed by atoms with Crippen molar-refractivity contribution in [2.45, 2.75) is 39.3 Å². The first kappa shape index (κ1) is 17.2. The van der Waals surface area contributed by atoms with Crippen molar-refractivity contribution in [3.05, 3.63) is 35.4 Å². The number of rotatable bonds is 6. The number of benzene rings is 1. The van der Waals surface area contributed by atoms with Gasteiger partial charge in [0.15, 0.2) is 0 Å². The molecule has 0 radical (unpaired) electrons. The van der Waals surface area contributed by atoms with Gasteiger partial charge in [-0.3, -0.25) is 9.59 Å². The van der Waals surface area contributed by atoms with E-state index < -0.39 is 28.9 Å².